The molecule has 0 aromatic heterocycles. The maximum Gasteiger partial charge on any atom is 0.253 e. The van der Waals surface area contributed by atoms with Crippen LogP contribution < -0.4 is 10.1 Å². The molecule has 0 bridgehead atoms. The van der Waals surface area contributed by atoms with Crippen LogP contribution >= 0.6 is 0 Å². The molecule has 1 N–H and O–H groups in total. The molecular formula is C17H23N3O4. The third-order valence-corrected chi connectivity index (χ3v) is 4.34. The van der Waals surface area contributed by atoms with Crippen molar-refractivity contribution in [2.45, 2.75) is 12.6 Å². The van der Waals surface area contributed by atoms with E-state index in [1.165, 1.54) is 0 Å². The quantitative estimate of drug-likeness (QED) is 0.830. The van der Waals surface area contributed by atoms with Gasteiger partial charge in [0.25, 0.3) is 5.91 Å². The molecule has 3 rings (SSSR count). The fourth-order valence-corrected chi connectivity index (χ4v) is 2.98. The van der Waals surface area contributed by atoms with E-state index >= 15 is 0 Å². The van der Waals surface area contributed by atoms with Gasteiger partial charge < -0.3 is 24.6 Å². The van der Waals surface area contributed by atoms with Gasteiger partial charge in [-0.05, 0) is 17.7 Å². The van der Waals surface area contributed by atoms with Gasteiger partial charge in [-0.1, -0.05) is 12.1 Å². The van der Waals surface area contributed by atoms with Gasteiger partial charge in [0.15, 0.2) is 0 Å². The van der Waals surface area contributed by atoms with Crippen molar-refractivity contribution in [1.82, 2.24) is 15.1 Å². The first kappa shape index (κ1) is 16.7. The van der Waals surface area contributed by atoms with Gasteiger partial charge in [0.2, 0.25) is 5.91 Å². The highest BCUT2D eigenvalue weighted by Gasteiger charge is 2.32. The zero-order valence-corrected chi connectivity index (χ0v) is 13.9. The monoisotopic (exact) mass is 333 g/mol. The van der Waals surface area contributed by atoms with Crippen LogP contribution in [0.3, 0.4) is 0 Å². The summed E-state index contributed by atoms with van der Waals surface area (Å²) in [5, 5.41) is 3.14. The molecule has 0 radical (unpaired) electrons. The van der Waals surface area contributed by atoms with E-state index in [4.69, 9.17) is 9.47 Å². The molecule has 2 aliphatic rings. The van der Waals surface area contributed by atoms with Crippen molar-refractivity contribution in [3.05, 3.63) is 29.8 Å². The molecule has 2 amide bonds. The largest absolute Gasteiger partial charge is 0.497 e. The van der Waals surface area contributed by atoms with E-state index < -0.39 is 6.10 Å². The number of piperazine rings is 1. The van der Waals surface area contributed by atoms with Crippen LogP contribution in [0.2, 0.25) is 0 Å². The van der Waals surface area contributed by atoms with Gasteiger partial charge in [-0.15, -0.1) is 0 Å². The minimum atomic E-state index is -0.475. The van der Waals surface area contributed by atoms with Crippen molar-refractivity contribution in [2.75, 3.05) is 46.4 Å². The third kappa shape index (κ3) is 3.85. The molecule has 0 saturated carbocycles. The fourth-order valence-electron chi connectivity index (χ4n) is 2.98. The summed E-state index contributed by atoms with van der Waals surface area (Å²) in [5.41, 5.74) is 1.02. The molecule has 7 heteroatoms. The minimum Gasteiger partial charge on any atom is -0.497 e. The smallest absolute Gasteiger partial charge is 0.253 e. The maximum atomic E-state index is 12.4. The van der Waals surface area contributed by atoms with E-state index in [9.17, 15) is 9.59 Å². The van der Waals surface area contributed by atoms with Crippen LogP contribution in [0.4, 0.5) is 0 Å². The number of nitrogens with zero attached hydrogens (tertiary/aromatic N) is 2. The number of ether oxygens (including phenoxy) is 2. The highest BCUT2D eigenvalue weighted by molar-refractivity contribution is 5.88. The lowest BCUT2D eigenvalue weighted by molar-refractivity contribution is -0.153. The number of amides is 2. The van der Waals surface area contributed by atoms with E-state index in [1.54, 1.807) is 16.9 Å². The van der Waals surface area contributed by atoms with Crippen LogP contribution in [0, 0.1) is 0 Å². The summed E-state index contributed by atoms with van der Waals surface area (Å²) in [6, 6.07) is 7.67. The summed E-state index contributed by atoms with van der Waals surface area (Å²) in [4.78, 5) is 28.2. The Hall–Kier alpha value is -2.12. The topological polar surface area (TPSA) is 71.1 Å². The first-order chi connectivity index (χ1) is 11.7. The van der Waals surface area contributed by atoms with Gasteiger partial charge in [-0.3, -0.25) is 9.59 Å². The average Bonchev–Trinajstić information content (AvgIpc) is 2.63. The Morgan fingerprint density at radius 2 is 2.29 bits per heavy atom. The number of methoxy groups -OCH3 is 1. The number of nitrogens with one attached hydrogen (secondary N) is 1. The molecule has 24 heavy (non-hydrogen) atoms. The summed E-state index contributed by atoms with van der Waals surface area (Å²) >= 11 is 0. The molecule has 130 valence electrons. The molecule has 0 aliphatic carbocycles. The molecule has 2 fully saturated rings. The molecule has 1 atom stereocenters. The van der Waals surface area contributed by atoms with E-state index in [2.05, 4.69) is 5.32 Å². The zero-order valence-electron chi connectivity index (χ0n) is 13.9. The second kappa shape index (κ2) is 7.63. The number of morpholine rings is 1. The lowest BCUT2D eigenvalue weighted by Crippen LogP contribution is -2.56. The van der Waals surface area contributed by atoms with Crippen molar-refractivity contribution >= 4 is 11.8 Å². The van der Waals surface area contributed by atoms with Gasteiger partial charge in [-0.2, -0.15) is 0 Å². The van der Waals surface area contributed by atoms with Crippen molar-refractivity contribution in [1.29, 1.82) is 0 Å². The lowest BCUT2D eigenvalue weighted by atomic mass is 10.1. The zero-order chi connectivity index (χ0) is 16.9. The van der Waals surface area contributed by atoms with Crippen LogP contribution in [0.5, 0.6) is 5.75 Å². The molecule has 1 aromatic rings. The predicted molar refractivity (Wildman–Crippen MR) is 87.6 cm³/mol. The summed E-state index contributed by atoms with van der Waals surface area (Å²) < 4.78 is 10.7. The number of hydrogen-bond donors (Lipinski definition) is 1. The first-order valence-electron chi connectivity index (χ1n) is 8.19. The number of hydrogen-bond acceptors (Lipinski definition) is 5. The SMILES string of the molecule is COc1cccc(CN2CCN(C(=O)[C@H]3CNCCO3)CC2=O)c1. The van der Waals surface area contributed by atoms with Crippen molar-refractivity contribution in [3.8, 4) is 5.75 Å². The Bertz CT molecular complexity index is 601. The van der Waals surface area contributed by atoms with Gasteiger partial charge in [-0.25, -0.2) is 0 Å². The van der Waals surface area contributed by atoms with E-state index in [1.807, 2.05) is 24.3 Å². The number of benzene rings is 1. The van der Waals surface area contributed by atoms with Crippen molar-refractivity contribution in [3.63, 3.8) is 0 Å². The van der Waals surface area contributed by atoms with Crippen LogP contribution in [-0.4, -0.2) is 74.2 Å². The second-order valence-electron chi connectivity index (χ2n) is 5.99. The molecular weight excluding hydrogens is 310 g/mol. The number of carbonyl (C=O) groups excluding carboxylic acids is 2. The summed E-state index contributed by atoms with van der Waals surface area (Å²) in [5.74, 6) is 0.633. The fraction of sp³-hybridized carbons (Fsp3) is 0.529. The molecule has 2 saturated heterocycles. The first-order valence-corrected chi connectivity index (χ1v) is 8.19. The van der Waals surface area contributed by atoms with Gasteiger partial charge in [0.05, 0.1) is 20.3 Å². The minimum absolute atomic E-state index is 0.0406. The van der Waals surface area contributed by atoms with Crippen LogP contribution in [0.15, 0.2) is 24.3 Å². The second-order valence-corrected chi connectivity index (χ2v) is 5.99. The summed E-state index contributed by atoms with van der Waals surface area (Å²) in [6.45, 7) is 3.51. The Balaban J connectivity index is 1.56. The molecule has 2 heterocycles. The Morgan fingerprint density at radius 1 is 1.42 bits per heavy atom. The van der Waals surface area contributed by atoms with Crippen LogP contribution in [-0.2, 0) is 20.9 Å². The maximum absolute atomic E-state index is 12.4. The van der Waals surface area contributed by atoms with Crippen LogP contribution in [0.25, 0.3) is 0 Å². The Labute approximate surface area is 141 Å². The molecule has 0 unspecified atom stereocenters. The number of rotatable bonds is 4. The van der Waals surface area contributed by atoms with Crippen molar-refractivity contribution < 1.29 is 19.1 Å². The Kier molecular flexibility index (Phi) is 5.32. The molecule has 1 aromatic carbocycles. The average molecular weight is 333 g/mol. The van der Waals surface area contributed by atoms with E-state index in [-0.39, 0.29) is 18.4 Å². The summed E-state index contributed by atoms with van der Waals surface area (Å²) in [6.07, 6.45) is -0.475. The number of carbonyl (C=O) groups is 2. The molecule has 2 aliphatic heterocycles. The van der Waals surface area contributed by atoms with Gasteiger partial charge in [0, 0.05) is 32.7 Å². The van der Waals surface area contributed by atoms with Crippen molar-refractivity contribution in [2.24, 2.45) is 0 Å². The third-order valence-electron chi connectivity index (χ3n) is 4.34. The predicted octanol–water partition coefficient (Wildman–Crippen LogP) is -0.146. The molecule has 7 nitrogen and oxygen atoms in total. The lowest BCUT2D eigenvalue weighted by Gasteiger charge is -2.36. The van der Waals surface area contributed by atoms with Crippen LogP contribution in [0.1, 0.15) is 5.56 Å². The molecule has 0 spiro atoms. The van der Waals surface area contributed by atoms with Gasteiger partial charge >= 0.3 is 0 Å². The standard InChI is InChI=1S/C17H23N3O4/c1-23-14-4-2-3-13(9-14)11-19-6-7-20(12-16(19)21)17(22)15-10-18-5-8-24-15/h2-4,9,15,18H,5-8,10-12H2,1H3/t15-/m1/s1. The Morgan fingerprint density at radius 3 is 3.00 bits per heavy atom. The summed E-state index contributed by atoms with van der Waals surface area (Å²) in [7, 11) is 1.62. The highest BCUT2D eigenvalue weighted by atomic mass is 16.5. The highest BCUT2D eigenvalue weighted by Crippen LogP contribution is 2.16. The van der Waals surface area contributed by atoms with Gasteiger partial charge in [0.1, 0.15) is 11.9 Å². The van der Waals surface area contributed by atoms with E-state index in [0.717, 1.165) is 17.9 Å². The van der Waals surface area contributed by atoms with E-state index in [0.29, 0.717) is 32.8 Å². The normalized spacial score (nSPS) is 21.7.